The molecule has 21 heavy (non-hydrogen) atoms. The van der Waals surface area contributed by atoms with Gasteiger partial charge in [0, 0.05) is 24.4 Å². The summed E-state index contributed by atoms with van der Waals surface area (Å²) in [6.45, 7) is 4.06. The van der Waals surface area contributed by atoms with Gasteiger partial charge in [0.2, 0.25) is 0 Å². The highest BCUT2D eigenvalue weighted by molar-refractivity contribution is 8.22. The van der Waals surface area contributed by atoms with Crippen molar-refractivity contribution in [3.05, 3.63) is 45.8 Å². The molecule has 3 rings (SSSR count). The third-order valence-corrected chi connectivity index (χ3v) is 5.29. The van der Waals surface area contributed by atoms with Crippen LogP contribution in [0.15, 0.2) is 33.7 Å². The number of hydrogen-bond donors (Lipinski definition) is 0. The van der Waals surface area contributed by atoms with Gasteiger partial charge in [0.05, 0.1) is 11.6 Å². The minimum absolute atomic E-state index is 0.0490. The van der Waals surface area contributed by atoms with Gasteiger partial charge < -0.3 is 9.32 Å². The number of thiocarbonyl (C=S) groups is 1. The maximum absolute atomic E-state index is 12.4. The summed E-state index contributed by atoms with van der Waals surface area (Å²) in [6.07, 6.45) is 3.99. The molecule has 0 unspecified atom stereocenters. The summed E-state index contributed by atoms with van der Waals surface area (Å²) in [5, 5.41) is 0.644. The second kappa shape index (κ2) is 6.20. The molecule has 2 heterocycles. The molecule has 1 aliphatic heterocycles. The fraction of sp³-hybridized carbons (Fsp3) is 0.375. The molecule has 0 amide bonds. The lowest BCUT2D eigenvalue weighted by atomic mass is 10.1. The van der Waals surface area contributed by atoms with Crippen molar-refractivity contribution in [2.45, 2.75) is 25.5 Å². The predicted molar refractivity (Wildman–Crippen MR) is 91.9 cm³/mol. The largest absolute Gasteiger partial charge is 0.464 e. The number of nitrogens with zero attached hydrogens (tertiary/aromatic N) is 1. The number of hydrogen-bond acceptors (Lipinski definition) is 4. The van der Waals surface area contributed by atoms with E-state index in [1.165, 1.54) is 12.8 Å². The van der Waals surface area contributed by atoms with Gasteiger partial charge in [0.25, 0.3) is 0 Å². The van der Waals surface area contributed by atoms with Gasteiger partial charge in [-0.25, -0.2) is 0 Å². The van der Waals surface area contributed by atoms with Crippen LogP contribution in [0.1, 0.15) is 24.0 Å². The van der Waals surface area contributed by atoms with Gasteiger partial charge >= 0.3 is 0 Å². The van der Waals surface area contributed by atoms with Crippen molar-refractivity contribution < 1.29 is 4.42 Å². The Morgan fingerprint density at radius 3 is 2.90 bits per heavy atom. The average Bonchev–Trinajstić information content (AvgIpc) is 3.00. The molecule has 0 aliphatic carbocycles. The summed E-state index contributed by atoms with van der Waals surface area (Å²) in [6, 6.07) is 5.66. The molecule has 1 aromatic carbocycles. The van der Waals surface area contributed by atoms with Crippen molar-refractivity contribution >= 4 is 39.3 Å². The van der Waals surface area contributed by atoms with Gasteiger partial charge in [-0.15, -0.1) is 0 Å². The molecule has 2 aromatic rings. The van der Waals surface area contributed by atoms with Gasteiger partial charge in [-0.2, -0.15) is 0 Å². The standard InChI is InChI=1S/C16H17NO2S2/c1-11-4-5-13-14(8-11)19-9-12(15(13)18)10-21-16(20)17-6-2-3-7-17/h4-5,8-9H,2-3,6-7,10H2,1H3. The third kappa shape index (κ3) is 3.14. The summed E-state index contributed by atoms with van der Waals surface area (Å²) in [4.78, 5) is 14.7. The molecule has 3 nitrogen and oxygen atoms in total. The quantitative estimate of drug-likeness (QED) is 0.788. The first kappa shape index (κ1) is 14.6. The molecule has 1 aliphatic rings. The Bertz CT molecular complexity index is 733. The van der Waals surface area contributed by atoms with Crippen LogP contribution in [0.5, 0.6) is 0 Å². The van der Waals surface area contributed by atoms with Crippen molar-refractivity contribution in [1.29, 1.82) is 0 Å². The van der Waals surface area contributed by atoms with E-state index in [9.17, 15) is 4.79 Å². The number of aryl methyl sites for hydroxylation is 1. The zero-order valence-corrected chi connectivity index (χ0v) is 13.6. The van der Waals surface area contributed by atoms with Gasteiger partial charge in [-0.1, -0.05) is 30.0 Å². The Kier molecular flexibility index (Phi) is 4.31. The van der Waals surface area contributed by atoms with Gasteiger partial charge in [0.1, 0.15) is 9.90 Å². The molecule has 1 fully saturated rings. The maximum Gasteiger partial charge on any atom is 0.196 e. The van der Waals surface area contributed by atoms with Crippen molar-refractivity contribution in [3.8, 4) is 0 Å². The number of likely N-dealkylation sites (tertiary alicyclic amines) is 1. The lowest BCUT2D eigenvalue weighted by Gasteiger charge is -2.17. The summed E-state index contributed by atoms with van der Waals surface area (Å²) >= 11 is 6.98. The molecule has 110 valence electrons. The molecular weight excluding hydrogens is 302 g/mol. The van der Waals surface area contributed by atoms with E-state index < -0.39 is 0 Å². The molecule has 0 N–H and O–H groups in total. The van der Waals surface area contributed by atoms with E-state index in [2.05, 4.69) is 4.90 Å². The second-order valence-corrected chi connectivity index (χ2v) is 6.95. The van der Waals surface area contributed by atoms with Gasteiger partial charge in [-0.05, 0) is 37.5 Å². The SMILES string of the molecule is Cc1ccc2c(=O)c(CSC(=S)N3CCCC3)coc2c1. The Hall–Kier alpha value is -1.33. The van der Waals surface area contributed by atoms with E-state index in [-0.39, 0.29) is 5.43 Å². The zero-order chi connectivity index (χ0) is 14.8. The molecule has 1 aromatic heterocycles. The lowest BCUT2D eigenvalue weighted by Crippen LogP contribution is -2.23. The van der Waals surface area contributed by atoms with E-state index in [1.807, 2.05) is 25.1 Å². The first-order valence-electron chi connectivity index (χ1n) is 7.08. The Morgan fingerprint density at radius 1 is 1.38 bits per heavy atom. The number of benzene rings is 1. The van der Waals surface area contributed by atoms with Gasteiger partial charge in [0.15, 0.2) is 5.43 Å². The Labute approximate surface area is 133 Å². The van der Waals surface area contributed by atoms with Crippen LogP contribution in [-0.2, 0) is 5.75 Å². The first-order valence-corrected chi connectivity index (χ1v) is 8.47. The van der Waals surface area contributed by atoms with Crippen molar-refractivity contribution in [2.75, 3.05) is 13.1 Å². The smallest absolute Gasteiger partial charge is 0.196 e. The average molecular weight is 319 g/mol. The molecule has 5 heteroatoms. The van der Waals surface area contributed by atoms with Crippen molar-refractivity contribution in [3.63, 3.8) is 0 Å². The zero-order valence-electron chi connectivity index (χ0n) is 11.9. The number of rotatable bonds is 2. The van der Waals surface area contributed by atoms with Crippen LogP contribution >= 0.6 is 24.0 Å². The molecule has 0 bridgehead atoms. The molecule has 0 spiro atoms. The normalized spacial score (nSPS) is 14.8. The first-order chi connectivity index (χ1) is 10.1. The highest BCUT2D eigenvalue weighted by Crippen LogP contribution is 2.20. The topological polar surface area (TPSA) is 33.5 Å². The number of fused-ring (bicyclic) bond motifs is 1. The maximum atomic E-state index is 12.4. The van der Waals surface area contributed by atoms with Crippen LogP contribution in [0, 0.1) is 6.92 Å². The Morgan fingerprint density at radius 2 is 2.14 bits per heavy atom. The summed E-state index contributed by atoms with van der Waals surface area (Å²) < 4.78 is 6.48. The van der Waals surface area contributed by atoms with E-state index >= 15 is 0 Å². The van der Waals surface area contributed by atoms with Crippen molar-refractivity contribution in [1.82, 2.24) is 4.90 Å². The van der Waals surface area contributed by atoms with E-state index in [0.717, 1.165) is 23.0 Å². The number of thioether (sulfide) groups is 1. The second-order valence-electron chi connectivity index (χ2n) is 5.34. The minimum atomic E-state index is 0.0490. The molecular formula is C16H17NO2S2. The lowest BCUT2D eigenvalue weighted by molar-refractivity contribution is 0.539. The van der Waals surface area contributed by atoms with Crippen molar-refractivity contribution in [2.24, 2.45) is 0 Å². The van der Waals surface area contributed by atoms with Gasteiger partial charge in [-0.3, -0.25) is 4.79 Å². The Balaban J connectivity index is 1.78. The summed E-state index contributed by atoms with van der Waals surface area (Å²) in [5.41, 5.74) is 2.46. The highest BCUT2D eigenvalue weighted by Gasteiger charge is 2.16. The molecule has 0 atom stereocenters. The highest BCUT2D eigenvalue weighted by atomic mass is 32.2. The van der Waals surface area contributed by atoms with E-state index in [1.54, 1.807) is 18.0 Å². The third-order valence-electron chi connectivity index (χ3n) is 3.72. The molecule has 1 saturated heterocycles. The van der Waals surface area contributed by atoms with Crippen LogP contribution in [0.4, 0.5) is 0 Å². The summed E-state index contributed by atoms with van der Waals surface area (Å²) in [7, 11) is 0. The van der Waals surface area contributed by atoms with E-state index in [0.29, 0.717) is 22.3 Å². The minimum Gasteiger partial charge on any atom is -0.464 e. The molecule has 0 saturated carbocycles. The predicted octanol–water partition coefficient (Wildman–Crippen LogP) is 3.72. The van der Waals surface area contributed by atoms with Crippen LogP contribution in [0.3, 0.4) is 0 Å². The van der Waals surface area contributed by atoms with Crippen LogP contribution in [-0.4, -0.2) is 22.3 Å². The van der Waals surface area contributed by atoms with Crippen LogP contribution in [0.2, 0.25) is 0 Å². The van der Waals surface area contributed by atoms with Crippen LogP contribution in [0.25, 0.3) is 11.0 Å². The summed E-state index contributed by atoms with van der Waals surface area (Å²) in [5.74, 6) is 0.571. The fourth-order valence-electron chi connectivity index (χ4n) is 2.51. The molecule has 0 radical (unpaired) electrons. The van der Waals surface area contributed by atoms with Crippen LogP contribution < -0.4 is 5.43 Å². The monoisotopic (exact) mass is 319 g/mol. The van der Waals surface area contributed by atoms with E-state index in [4.69, 9.17) is 16.6 Å². The fourth-order valence-corrected chi connectivity index (χ4v) is 3.71.